The van der Waals surface area contributed by atoms with Gasteiger partial charge in [-0.05, 0) is 29.6 Å². The second kappa shape index (κ2) is 3.31. The summed E-state index contributed by atoms with van der Waals surface area (Å²) in [5, 5.41) is 0. The maximum Gasteiger partial charge on any atom is 0.0389 e. The summed E-state index contributed by atoms with van der Waals surface area (Å²) < 4.78 is 2.59. The Morgan fingerprint density at radius 3 is 2.33 bits per heavy atom. The molecule has 0 aliphatic carbocycles. The molecule has 0 unspecified atom stereocenters. The predicted molar refractivity (Wildman–Crippen MR) is 66.2 cm³/mol. The van der Waals surface area contributed by atoms with Gasteiger partial charge < -0.3 is 0 Å². The molecule has 1 spiro atoms. The first-order valence-electron chi connectivity index (χ1n) is 4.79. The number of rotatable bonds is 1. The highest BCUT2D eigenvalue weighted by Gasteiger charge is 2.43. The third-order valence-corrected chi connectivity index (χ3v) is 8.91. The SMILES string of the molecule is CC(C)[C@H]1CS2(CCC2)CN1I. The van der Waals surface area contributed by atoms with Gasteiger partial charge in [-0.25, -0.2) is 13.1 Å². The van der Waals surface area contributed by atoms with Gasteiger partial charge in [-0.1, -0.05) is 13.8 Å². The summed E-state index contributed by atoms with van der Waals surface area (Å²) in [5.74, 6) is 7.00. The van der Waals surface area contributed by atoms with Crippen molar-refractivity contribution in [2.45, 2.75) is 26.3 Å². The lowest BCUT2D eigenvalue weighted by Crippen LogP contribution is -2.27. The van der Waals surface area contributed by atoms with E-state index in [4.69, 9.17) is 0 Å². The lowest BCUT2D eigenvalue weighted by atomic mass is 10.1. The van der Waals surface area contributed by atoms with Crippen LogP contribution in [0.5, 0.6) is 0 Å². The van der Waals surface area contributed by atoms with E-state index in [1.807, 2.05) is 0 Å². The topological polar surface area (TPSA) is 3.24 Å². The Morgan fingerprint density at radius 2 is 2.08 bits per heavy atom. The first-order valence-corrected chi connectivity index (χ1v) is 8.07. The first kappa shape index (κ1) is 9.59. The molecule has 2 saturated heterocycles. The summed E-state index contributed by atoms with van der Waals surface area (Å²) in [6.45, 7) is 4.74. The van der Waals surface area contributed by atoms with Crippen molar-refractivity contribution in [1.82, 2.24) is 3.11 Å². The van der Waals surface area contributed by atoms with Gasteiger partial charge >= 0.3 is 0 Å². The van der Waals surface area contributed by atoms with Crippen molar-refractivity contribution in [1.29, 1.82) is 0 Å². The Bertz CT molecular complexity index is 179. The summed E-state index contributed by atoms with van der Waals surface area (Å²) in [7, 11) is -0.0861. The Balaban J connectivity index is 2.02. The molecule has 0 aromatic carbocycles. The van der Waals surface area contributed by atoms with Gasteiger partial charge in [0.25, 0.3) is 0 Å². The first-order chi connectivity index (χ1) is 5.63. The zero-order valence-corrected chi connectivity index (χ0v) is 10.9. The van der Waals surface area contributed by atoms with Crippen LogP contribution in [0.2, 0.25) is 0 Å². The van der Waals surface area contributed by atoms with E-state index in [0.29, 0.717) is 0 Å². The molecule has 2 aliphatic rings. The van der Waals surface area contributed by atoms with Crippen LogP contribution < -0.4 is 0 Å². The number of nitrogens with zero attached hydrogens (tertiary/aromatic N) is 1. The molecule has 0 aromatic heterocycles. The zero-order chi connectivity index (χ0) is 8.77. The molecular weight excluding hydrogens is 281 g/mol. The molecule has 0 radical (unpaired) electrons. The molecule has 2 rings (SSSR count). The standard InChI is InChI=1S/C9H18INS/c1-8(2)9-6-12(4-3-5-12)7-11(9)10/h8-9H,3-7H2,1-2H3/t9-/m1/s1. The average Bonchev–Trinajstić information content (AvgIpc) is 2.26. The van der Waals surface area contributed by atoms with Crippen molar-refractivity contribution in [2.75, 3.05) is 23.1 Å². The molecule has 2 fully saturated rings. The van der Waals surface area contributed by atoms with E-state index < -0.39 is 0 Å². The van der Waals surface area contributed by atoms with Gasteiger partial charge in [-0.3, -0.25) is 0 Å². The van der Waals surface area contributed by atoms with Gasteiger partial charge in [0.15, 0.2) is 0 Å². The maximum atomic E-state index is 2.59. The molecule has 1 atom stereocenters. The minimum absolute atomic E-state index is 0.0861. The smallest absolute Gasteiger partial charge is 0.0389 e. The van der Waals surface area contributed by atoms with Crippen LogP contribution >= 0.6 is 32.9 Å². The second-order valence-corrected chi connectivity index (χ2v) is 9.59. The fourth-order valence-corrected chi connectivity index (χ4v) is 8.90. The van der Waals surface area contributed by atoms with E-state index in [-0.39, 0.29) is 10.0 Å². The number of hydrogen-bond donors (Lipinski definition) is 0. The normalized spacial score (nSPS) is 37.2. The van der Waals surface area contributed by atoms with E-state index >= 15 is 0 Å². The quantitative estimate of drug-likeness (QED) is 0.531. The van der Waals surface area contributed by atoms with E-state index in [9.17, 15) is 0 Å². The predicted octanol–water partition coefficient (Wildman–Crippen LogP) is 2.84. The summed E-state index contributed by atoms with van der Waals surface area (Å²) in [6.07, 6.45) is 1.52. The number of halogens is 1. The molecule has 0 N–H and O–H groups in total. The van der Waals surface area contributed by atoms with E-state index in [1.165, 1.54) is 12.3 Å². The molecule has 2 aliphatic heterocycles. The summed E-state index contributed by atoms with van der Waals surface area (Å²) in [4.78, 5) is 0. The molecule has 0 saturated carbocycles. The monoisotopic (exact) mass is 299 g/mol. The Labute approximate surface area is 91.1 Å². The van der Waals surface area contributed by atoms with Gasteiger partial charge in [0.05, 0.1) is 0 Å². The van der Waals surface area contributed by atoms with Crippen molar-refractivity contribution >= 4 is 32.9 Å². The van der Waals surface area contributed by atoms with Crippen LogP contribution in [-0.4, -0.2) is 32.3 Å². The highest BCUT2D eigenvalue weighted by molar-refractivity contribution is 14.1. The van der Waals surface area contributed by atoms with Gasteiger partial charge in [-0.2, -0.15) is 0 Å². The van der Waals surface area contributed by atoms with Crippen molar-refractivity contribution in [3.63, 3.8) is 0 Å². The Hall–Kier alpha value is 1.04. The minimum Gasteiger partial charge on any atom is -0.235 e. The Kier molecular flexibility index (Phi) is 2.65. The lowest BCUT2D eigenvalue weighted by molar-refractivity contribution is 0.379. The third kappa shape index (κ3) is 1.52. The van der Waals surface area contributed by atoms with Crippen LogP contribution in [0.25, 0.3) is 0 Å². The van der Waals surface area contributed by atoms with Crippen LogP contribution in [0.15, 0.2) is 0 Å². The second-order valence-electron chi connectivity index (χ2n) is 4.49. The summed E-state index contributed by atoms with van der Waals surface area (Å²) in [5.41, 5.74) is 0. The molecule has 1 nitrogen and oxygen atoms in total. The zero-order valence-electron chi connectivity index (χ0n) is 7.92. The Morgan fingerprint density at radius 1 is 1.42 bits per heavy atom. The fraction of sp³-hybridized carbons (Fsp3) is 1.00. The highest BCUT2D eigenvalue weighted by atomic mass is 127. The van der Waals surface area contributed by atoms with Crippen molar-refractivity contribution in [3.05, 3.63) is 0 Å². The van der Waals surface area contributed by atoms with Gasteiger partial charge in [0, 0.05) is 34.8 Å². The number of hydrogen-bond acceptors (Lipinski definition) is 1. The fourth-order valence-electron chi connectivity index (χ4n) is 2.22. The average molecular weight is 299 g/mol. The van der Waals surface area contributed by atoms with E-state index in [0.717, 1.165) is 12.0 Å². The molecule has 3 heteroatoms. The minimum atomic E-state index is -0.0861. The lowest BCUT2D eigenvalue weighted by Gasteiger charge is -2.44. The van der Waals surface area contributed by atoms with Crippen molar-refractivity contribution in [2.24, 2.45) is 5.92 Å². The van der Waals surface area contributed by atoms with Crippen molar-refractivity contribution < 1.29 is 0 Å². The van der Waals surface area contributed by atoms with Gasteiger partial charge in [0.1, 0.15) is 0 Å². The molecule has 2 heterocycles. The van der Waals surface area contributed by atoms with E-state index in [1.54, 1.807) is 17.3 Å². The molecule has 12 heavy (non-hydrogen) atoms. The summed E-state index contributed by atoms with van der Waals surface area (Å²) in [6, 6.07) is 0.890. The van der Waals surface area contributed by atoms with Crippen LogP contribution in [0.4, 0.5) is 0 Å². The molecule has 72 valence electrons. The maximum absolute atomic E-state index is 2.59. The van der Waals surface area contributed by atoms with Crippen LogP contribution in [0.3, 0.4) is 0 Å². The van der Waals surface area contributed by atoms with Crippen molar-refractivity contribution in [3.8, 4) is 0 Å². The van der Waals surface area contributed by atoms with Gasteiger partial charge in [0.2, 0.25) is 0 Å². The third-order valence-electron chi connectivity index (χ3n) is 3.21. The summed E-state index contributed by atoms with van der Waals surface area (Å²) >= 11 is 2.55. The highest BCUT2D eigenvalue weighted by Crippen LogP contribution is 2.62. The van der Waals surface area contributed by atoms with Crippen LogP contribution in [0, 0.1) is 5.92 Å². The molecule has 0 bridgehead atoms. The molecule has 0 aromatic rings. The van der Waals surface area contributed by atoms with Crippen LogP contribution in [0.1, 0.15) is 20.3 Å². The van der Waals surface area contributed by atoms with E-state index in [2.05, 4.69) is 39.8 Å². The largest absolute Gasteiger partial charge is 0.235 e. The van der Waals surface area contributed by atoms with Gasteiger partial charge in [-0.15, -0.1) is 0 Å². The van der Waals surface area contributed by atoms with Crippen LogP contribution in [-0.2, 0) is 0 Å². The molecule has 0 amide bonds. The molecular formula is C9H18INS.